The molecule has 0 aromatic heterocycles. The molecule has 0 unspecified atom stereocenters. The highest BCUT2D eigenvalue weighted by Crippen LogP contribution is 2.14. The van der Waals surface area contributed by atoms with Gasteiger partial charge in [0.1, 0.15) is 11.1 Å². The van der Waals surface area contributed by atoms with Crippen LogP contribution >= 0.6 is 0 Å². The van der Waals surface area contributed by atoms with Crippen LogP contribution in [0.3, 0.4) is 0 Å². The number of hydrogen-bond donors (Lipinski definition) is 4. The number of carboxylic acids is 3. The van der Waals surface area contributed by atoms with Gasteiger partial charge >= 0.3 is 24.0 Å². The largest absolute Gasteiger partial charge is 0.481 e. The number of hydrogen-bond acceptors (Lipinski definition) is 11. The molecule has 0 saturated carbocycles. The van der Waals surface area contributed by atoms with Crippen molar-refractivity contribution in [3.63, 3.8) is 0 Å². The van der Waals surface area contributed by atoms with E-state index in [1.807, 2.05) is 0 Å². The Morgan fingerprint density at radius 1 is 0.524 bits per heavy atom. The van der Waals surface area contributed by atoms with Gasteiger partial charge in [0, 0.05) is 39.6 Å². The minimum absolute atomic E-state index is 0.00555. The maximum Gasteiger partial charge on any atom is 0.408 e. The number of nitrogens with one attached hydrogen (secondary N) is 1. The van der Waals surface area contributed by atoms with Crippen molar-refractivity contribution in [2.75, 3.05) is 79.3 Å². The Labute approximate surface area is 247 Å². The maximum atomic E-state index is 12.8. The van der Waals surface area contributed by atoms with Crippen molar-refractivity contribution in [3.05, 3.63) is 0 Å². The van der Waals surface area contributed by atoms with Gasteiger partial charge in [0.15, 0.2) is 0 Å². The van der Waals surface area contributed by atoms with E-state index >= 15 is 0 Å². The lowest BCUT2D eigenvalue weighted by atomic mass is 10.0. The molecule has 0 radical (unpaired) electrons. The van der Waals surface area contributed by atoms with Crippen LogP contribution in [0, 0.1) is 0 Å². The summed E-state index contributed by atoms with van der Waals surface area (Å²) in [5.74, 6) is -2.83. The van der Waals surface area contributed by atoms with Crippen LogP contribution in [0.5, 0.6) is 0 Å². The van der Waals surface area contributed by atoms with Crippen molar-refractivity contribution in [1.29, 1.82) is 0 Å². The number of ether oxygens (including phenoxy) is 7. The summed E-state index contributed by atoms with van der Waals surface area (Å²) in [7, 11) is 0. The Bertz CT molecular complexity index is 682. The molecule has 0 aliphatic rings. The highest BCUT2D eigenvalue weighted by molar-refractivity contribution is 5.69. The van der Waals surface area contributed by atoms with Gasteiger partial charge in [0.25, 0.3) is 0 Å². The van der Waals surface area contributed by atoms with Crippen LogP contribution in [0.1, 0.15) is 59.3 Å². The SMILES string of the molecule is CC(C)(C)OC(=O)NC(COCCCOCCC(=O)O)(COCCCOCCC(=O)O)COCCCOCCC(=O)O. The number of alkyl carbamates (subject to hydrolysis) is 1. The molecular weight excluding hydrogens is 562 g/mol. The average molecular weight is 612 g/mol. The topological polar surface area (TPSA) is 206 Å². The molecule has 0 spiro atoms. The predicted molar refractivity (Wildman–Crippen MR) is 148 cm³/mol. The Kier molecular flexibility index (Phi) is 22.5. The summed E-state index contributed by atoms with van der Waals surface area (Å²) in [5.41, 5.74) is -1.90. The van der Waals surface area contributed by atoms with E-state index in [1.54, 1.807) is 20.8 Å². The molecule has 15 heteroatoms. The first-order valence-electron chi connectivity index (χ1n) is 14.0. The van der Waals surface area contributed by atoms with Crippen LogP contribution in [0.15, 0.2) is 0 Å². The van der Waals surface area contributed by atoms with E-state index in [4.69, 9.17) is 48.5 Å². The molecule has 42 heavy (non-hydrogen) atoms. The molecule has 0 aromatic rings. The minimum atomic E-state index is -1.14. The molecule has 0 rings (SSSR count). The van der Waals surface area contributed by atoms with Gasteiger partial charge in [-0.3, -0.25) is 14.4 Å². The Hall–Kier alpha value is -2.56. The second kappa shape index (κ2) is 23.9. The Balaban J connectivity index is 5.07. The fraction of sp³-hybridized carbons (Fsp3) is 0.852. The summed E-state index contributed by atoms with van der Waals surface area (Å²) in [6.45, 7) is 7.21. The zero-order valence-corrected chi connectivity index (χ0v) is 25.1. The fourth-order valence-corrected chi connectivity index (χ4v) is 3.13. The van der Waals surface area contributed by atoms with E-state index in [0.29, 0.717) is 39.1 Å². The molecule has 4 N–H and O–H groups in total. The van der Waals surface area contributed by atoms with Crippen molar-refractivity contribution >= 4 is 24.0 Å². The van der Waals surface area contributed by atoms with Crippen LogP contribution in [0.25, 0.3) is 0 Å². The molecule has 15 nitrogen and oxygen atoms in total. The second-order valence-corrected chi connectivity index (χ2v) is 10.4. The van der Waals surface area contributed by atoms with Gasteiger partial charge in [-0.15, -0.1) is 0 Å². The lowest BCUT2D eigenvalue weighted by Crippen LogP contribution is -2.59. The third-order valence-electron chi connectivity index (χ3n) is 5.01. The van der Waals surface area contributed by atoms with E-state index in [1.165, 1.54) is 0 Å². The van der Waals surface area contributed by atoms with Gasteiger partial charge in [-0.05, 0) is 40.0 Å². The third-order valence-corrected chi connectivity index (χ3v) is 5.01. The molecule has 0 atom stereocenters. The van der Waals surface area contributed by atoms with Crippen LogP contribution in [-0.4, -0.2) is 130 Å². The normalized spacial score (nSPS) is 11.8. The number of aliphatic carboxylic acids is 3. The highest BCUT2D eigenvalue weighted by Gasteiger charge is 2.35. The fourth-order valence-electron chi connectivity index (χ4n) is 3.13. The summed E-state index contributed by atoms with van der Waals surface area (Å²) in [6, 6.07) is 0. The quantitative estimate of drug-likeness (QED) is 0.0934. The first-order valence-corrected chi connectivity index (χ1v) is 14.0. The number of amides is 1. The maximum absolute atomic E-state index is 12.8. The second-order valence-electron chi connectivity index (χ2n) is 10.4. The molecule has 0 aliphatic carbocycles. The summed E-state index contributed by atoms with van der Waals surface area (Å²) in [4.78, 5) is 44.5. The van der Waals surface area contributed by atoms with Gasteiger partial charge in [0.2, 0.25) is 0 Å². The van der Waals surface area contributed by atoms with Crippen LogP contribution in [0.4, 0.5) is 4.79 Å². The summed E-state index contributed by atoms with van der Waals surface area (Å²) in [6.07, 6.45) is 0.515. The molecule has 246 valence electrons. The predicted octanol–water partition coefficient (Wildman–Crippen LogP) is 1.94. The summed E-state index contributed by atoms with van der Waals surface area (Å²) < 4.78 is 38.8. The minimum Gasteiger partial charge on any atom is -0.481 e. The van der Waals surface area contributed by atoms with Gasteiger partial charge in [-0.25, -0.2) is 4.79 Å². The molecule has 1 amide bonds. The first-order chi connectivity index (χ1) is 19.9. The van der Waals surface area contributed by atoms with E-state index in [9.17, 15) is 19.2 Å². The van der Waals surface area contributed by atoms with E-state index in [2.05, 4.69) is 5.32 Å². The molecule has 0 fully saturated rings. The number of carboxylic acid groups (broad SMARTS) is 3. The molecule has 0 bridgehead atoms. The monoisotopic (exact) mass is 611 g/mol. The lowest BCUT2D eigenvalue weighted by molar-refractivity contribution is -0.139. The highest BCUT2D eigenvalue weighted by atomic mass is 16.6. The van der Waals surface area contributed by atoms with Crippen molar-refractivity contribution in [2.24, 2.45) is 0 Å². The van der Waals surface area contributed by atoms with Gasteiger partial charge in [0.05, 0.1) is 58.9 Å². The zero-order valence-electron chi connectivity index (χ0n) is 25.1. The lowest BCUT2D eigenvalue weighted by Gasteiger charge is -2.35. The summed E-state index contributed by atoms with van der Waals surface area (Å²) >= 11 is 0. The average Bonchev–Trinajstić information content (AvgIpc) is 2.87. The van der Waals surface area contributed by atoms with Gasteiger partial charge in [-0.2, -0.15) is 0 Å². The Morgan fingerprint density at radius 3 is 1.12 bits per heavy atom. The zero-order chi connectivity index (χ0) is 31.7. The van der Waals surface area contributed by atoms with Crippen LogP contribution in [0.2, 0.25) is 0 Å². The first kappa shape index (κ1) is 39.4. The van der Waals surface area contributed by atoms with E-state index < -0.39 is 35.1 Å². The smallest absolute Gasteiger partial charge is 0.408 e. The number of rotatable bonds is 28. The molecular formula is C27H49NO14. The van der Waals surface area contributed by atoms with Crippen molar-refractivity contribution in [1.82, 2.24) is 5.32 Å². The number of carbonyl (C=O) groups is 4. The molecule has 0 saturated heterocycles. The molecule has 0 aliphatic heterocycles. The van der Waals surface area contributed by atoms with E-state index in [-0.39, 0.29) is 78.7 Å². The van der Waals surface area contributed by atoms with Crippen LogP contribution < -0.4 is 5.32 Å². The van der Waals surface area contributed by atoms with Gasteiger partial charge in [-0.1, -0.05) is 0 Å². The molecule has 0 aromatic carbocycles. The van der Waals surface area contributed by atoms with Crippen molar-refractivity contribution in [3.8, 4) is 0 Å². The van der Waals surface area contributed by atoms with Crippen molar-refractivity contribution < 1.29 is 67.7 Å². The standard InChI is InChI=1S/C27H49NO14/c1-26(2,3)42-25(35)28-27(19-39-13-4-10-36-16-7-22(29)30,20-40-14-5-11-37-17-8-23(31)32)21-41-15-6-12-38-18-9-24(33)34/h4-21H2,1-3H3,(H,28,35)(H,29,30)(H,31,32)(H,33,34). The van der Waals surface area contributed by atoms with Crippen molar-refractivity contribution in [2.45, 2.75) is 70.4 Å². The van der Waals surface area contributed by atoms with Gasteiger partial charge < -0.3 is 53.8 Å². The number of carbonyl (C=O) groups excluding carboxylic acids is 1. The third kappa shape index (κ3) is 26.3. The summed E-state index contributed by atoms with van der Waals surface area (Å²) in [5, 5.41) is 28.9. The molecule has 0 heterocycles. The Morgan fingerprint density at radius 2 is 0.833 bits per heavy atom. The van der Waals surface area contributed by atoms with Crippen LogP contribution in [-0.2, 0) is 47.5 Å². The van der Waals surface area contributed by atoms with E-state index in [0.717, 1.165) is 0 Å².